The van der Waals surface area contributed by atoms with Crippen molar-refractivity contribution in [1.82, 2.24) is 14.5 Å². The third kappa shape index (κ3) is 4.89. The summed E-state index contributed by atoms with van der Waals surface area (Å²) in [5.41, 5.74) is 1.38. The predicted octanol–water partition coefficient (Wildman–Crippen LogP) is 4.67. The maximum Gasteiger partial charge on any atom is 0.416 e. The molecule has 4 heterocycles. The van der Waals surface area contributed by atoms with Gasteiger partial charge in [0.15, 0.2) is 0 Å². The van der Waals surface area contributed by atoms with E-state index in [0.29, 0.717) is 37.3 Å². The Bertz CT molecular complexity index is 1250. The minimum atomic E-state index is -4.37. The fourth-order valence-electron chi connectivity index (χ4n) is 5.16. The molecule has 10 heteroatoms. The van der Waals surface area contributed by atoms with E-state index in [1.807, 2.05) is 11.5 Å². The number of fused-ring (bicyclic) bond motifs is 1. The molecular weight excluding hydrogens is 461 g/mol. The van der Waals surface area contributed by atoms with Crippen LogP contribution in [0.4, 0.5) is 18.9 Å². The zero-order valence-corrected chi connectivity index (χ0v) is 19.8. The van der Waals surface area contributed by atoms with E-state index in [0.717, 1.165) is 48.6 Å². The summed E-state index contributed by atoms with van der Waals surface area (Å²) in [6.45, 7) is 6.05. The first-order chi connectivity index (χ1) is 16.7. The minimum Gasteiger partial charge on any atom is -0.490 e. The number of aromatic amines is 1. The lowest BCUT2D eigenvalue weighted by Crippen LogP contribution is -2.45. The van der Waals surface area contributed by atoms with Crippen LogP contribution in [0.2, 0.25) is 0 Å². The van der Waals surface area contributed by atoms with Gasteiger partial charge in [-0.05, 0) is 51.0 Å². The normalized spacial score (nSPS) is 23.2. The van der Waals surface area contributed by atoms with Crippen molar-refractivity contribution in [3.05, 3.63) is 52.1 Å². The molecule has 7 nitrogen and oxygen atoms in total. The second kappa shape index (κ2) is 9.22. The molecule has 0 saturated carbocycles. The Morgan fingerprint density at radius 1 is 1.23 bits per heavy atom. The molecule has 0 amide bonds. The summed E-state index contributed by atoms with van der Waals surface area (Å²) < 4.78 is 52.3. The number of pyridine rings is 1. The zero-order chi connectivity index (χ0) is 24.7. The van der Waals surface area contributed by atoms with Crippen LogP contribution in [0, 0.1) is 6.92 Å². The van der Waals surface area contributed by atoms with Crippen molar-refractivity contribution in [3.8, 4) is 5.75 Å². The van der Waals surface area contributed by atoms with Crippen LogP contribution < -0.4 is 15.2 Å². The number of rotatable bonds is 5. The number of benzene rings is 1. The number of halogens is 3. The molecule has 35 heavy (non-hydrogen) atoms. The highest BCUT2D eigenvalue weighted by Crippen LogP contribution is 2.33. The molecule has 0 aliphatic carbocycles. The molecule has 1 N–H and O–H groups in total. The van der Waals surface area contributed by atoms with Gasteiger partial charge in [0.1, 0.15) is 28.8 Å². The van der Waals surface area contributed by atoms with Gasteiger partial charge in [0.25, 0.3) is 5.56 Å². The molecule has 2 fully saturated rings. The van der Waals surface area contributed by atoms with E-state index in [4.69, 9.17) is 14.5 Å². The van der Waals surface area contributed by atoms with E-state index >= 15 is 0 Å². The minimum absolute atomic E-state index is 0.0526. The van der Waals surface area contributed by atoms with Gasteiger partial charge in [0.05, 0.1) is 23.9 Å². The largest absolute Gasteiger partial charge is 0.490 e. The molecule has 0 bridgehead atoms. The van der Waals surface area contributed by atoms with E-state index in [2.05, 4.69) is 16.8 Å². The van der Waals surface area contributed by atoms with E-state index < -0.39 is 11.7 Å². The lowest BCUT2D eigenvalue weighted by Gasteiger charge is -2.39. The second-order valence-corrected chi connectivity index (χ2v) is 9.45. The number of hydrogen-bond donors (Lipinski definition) is 1. The predicted molar refractivity (Wildman–Crippen MR) is 126 cm³/mol. The second-order valence-electron chi connectivity index (χ2n) is 9.45. The number of aromatic nitrogens is 3. The third-order valence-corrected chi connectivity index (χ3v) is 6.94. The van der Waals surface area contributed by atoms with Crippen molar-refractivity contribution >= 4 is 16.9 Å². The number of alkyl halides is 3. The summed E-state index contributed by atoms with van der Waals surface area (Å²) >= 11 is 0. The van der Waals surface area contributed by atoms with Crippen LogP contribution in [0.25, 0.3) is 11.2 Å². The van der Waals surface area contributed by atoms with Gasteiger partial charge in [0.2, 0.25) is 0 Å². The number of ether oxygens (including phenoxy) is 2. The molecule has 2 aromatic heterocycles. The summed E-state index contributed by atoms with van der Waals surface area (Å²) in [6, 6.07) is 6.45. The molecule has 2 aliphatic rings. The molecule has 0 spiro atoms. The lowest BCUT2D eigenvalue weighted by atomic mass is 9.99. The van der Waals surface area contributed by atoms with E-state index in [1.165, 1.54) is 12.1 Å². The van der Waals surface area contributed by atoms with Crippen LogP contribution in [0.15, 0.2) is 35.1 Å². The molecule has 0 unspecified atom stereocenters. The first-order valence-electron chi connectivity index (χ1n) is 12.0. The van der Waals surface area contributed by atoms with Crippen LogP contribution in [0.1, 0.15) is 44.0 Å². The Morgan fingerprint density at radius 3 is 2.66 bits per heavy atom. The average Bonchev–Trinajstić information content (AvgIpc) is 3.42. The summed E-state index contributed by atoms with van der Waals surface area (Å²) in [5.74, 6) is 1.25. The topological polar surface area (TPSA) is 72.4 Å². The molecule has 0 radical (unpaired) electrons. The molecule has 2 aliphatic heterocycles. The van der Waals surface area contributed by atoms with Crippen LogP contribution in [0.3, 0.4) is 0 Å². The zero-order valence-electron chi connectivity index (χ0n) is 19.8. The Balaban J connectivity index is 1.33. The monoisotopic (exact) mass is 490 g/mol. The number of nitrogens with one attached hydrogen (secondary N) is 1. The number of nitrogens with zero attached hydrogens (tertiary/aromatic N) is 3. The molecule has 188 valence electrons. The van der Waals surface area contributed by atoms with Crippen LogP contribution in [-0.2, 0) is 17.5 Å². The molecule has 3 atom stereocenters. The van der Waals surface area contributed by atoms with Crippen molar-refractivity contribution in [1.29, 1.82) is 0 Å². The van der Waals surface area contributed by atoms with Gasteiger partial charge in [-0.25, -0.2) is 4.98 Å². The molecule has 5 rings (SSSR count). The van der Waals surface area contributed by atoms with Gasteiger partial charge >= 0.3 is 6.18 Å². The Morgan fingerprint density at radius 2 is 2.00 bits per heavy atom. The number of imidazole rings is 1. The SMILES string of the molecule is Cc1nc2c(N3CC[C@H](Oc4ccc(C(F)(F)F)cc4)C[C@@H]3C)cc(=O)[nH]c2n1C[C@@H]1CCCO1. The van der Waals surface area contributed by atoms with Crippen LogP contribution in [0.5, 0.6) is 5.75 Å². The summed E-state index contributed by atoms with van der Waals surface area (Å²) in [4.78, 5) is 22.5. The smallest absolute Gasteiger partial charge is 0.416 e. The van der Waals surface area contributed by atoms with Crippen molar-refractivity contribution < 1.29 is 22.6 Å². The summed E-state index contributed by atoms with van der Waals surface area (Å²) in [7, 11) is 0. The maximum atomic E-state index is 12.8. The highest BCUT2D eigenvalue weighted by molar-refractivity contribution is 5.86. The average molecular weight is 491 g/mol. The van der Waals surface area contributed by atoms with Gasteiger partial charge in [-0.2, -0.15) is 13.2 Å². The van der Waals surface area contributed by atoms with Gasteiger partial charge in [-0.15, -0.1) is 0 Å². The molecule has 3 aromatic rings. The first-order valence-corrected chi connectivity index (χ1v) is 12.0. The fourth-order valence-corrected chi connectivity index (χ4v) is 5.16. The van der Waals surface area contributed by atoms with Crippen molar-refractivity contribution in [2.24, 2.45) is 0 Å². The highest BCUT2D eigenvalue weighted by atomic mass is 19.4. The summed E-state index contributed by atoms with van der Waals surface area (Å²) in [5, 5.41) is 0. The number of aryl methyl sites for hydroxylation is 1. The fraction of sp³-hybridized carbons (Fsp3) is 0.520. The quantitative estimate of drug-likeness (QED) is 0.563. The van der Waals surface area contributed by atoms with Gasteiger partial charge in [0, 0.05) is 38.1 Å². The Hall–Kier alpha value is -3.01. The van der Waals surface area contributed by atoms with Crippen LogP contribution >= 0.6 is 0 Å². The number of anilines is 1. The van der Waals surface area contributed by atoms with Crippen molar-refractivity contribution in [2.75, 3.05) is 18.1 Å². The number of H-pyrrole nitrogens is 1. The van der Waals surface area contributed by atoms with Crippen molar-refractivity contribution in [2.45, 2.75) is 70.5 Å². The highest BCUT2D eigenvalue weighted by Gasteiger charge is 2.32. The molecule has 1 aromatic carbocycles. The number of hydrogen-bond acceptors (Lipinski definition) is 5. The Labute approximate surface area is 200 Å². The lowest BCUT2D eigenvalue weighted by molar-refractivity contribution is -0.137. The standard InChI is InChI=1S/C25H29F3N4O3/c1-15-12-19(35-18-7-5-17(6-8-18)25(26,27)28)9-10-31(15)21-13-22(33)30-24-23(21)29-16(2)32(24)14-20-4-3-11-34-20/h5-8,13,15,19-20H,3-4,9-12,14H2,1-2H3,(H,30,33)/t15-,19-,20-/m0/s1. The van der Waals surface area contributed by atoms with Crippen LogP contribution in [-0.4, -0.2) is 45.9 Å². The molecular formula is C25H29F3N4O3. The van der Waals surface area contributed by atoms with E-state index in [1.54, 1.807) is 6.07 Å². The van der Waals surface area contributed by atoms with E-state index in [9.17, 15) is 18.0 Å². The summed E-state index contributed by atoms with van der Waals surface area (Å²) in [6.07, 6.45) is -0.997. The van der Waals surface area contributed by atoms with Gasteiger partial charge in [-0.1, -0.05) is 0 Å². The first kappa shape index (κ1) is 23.7. The molecule has 2 saturated heterocycles. The third-order valence-electron chi connectivity index (χ3n) is 6.94. The van der Waals surface area contributed by atoms with Gasteiger partial charge in [-0.3, -0.25) is 4.79 Å². The maximum absolute atomic E-state index is 12.8. The Kier molecular flexibility index (Phi) is 6.25. The van der Waals surface area contributed by atoms with E-state index in [-0.39, 0.29) is 23.8 Å². The van der Waals surface area contributed by atoms with Crippen molar-refractivity contribution in [3.63, 3.8) is 0 Å². The van der Waals surface area contributed by atoms with Gasteiger partial charge < -0.3 is 23.9 Å². The number of piperidine rings is 1.